The van der Waals surface area contributed by atoms with E-state index in [1.165, 1.54) is 0 Å². The summed E-state index contributed by atoms with van der Waals surface area (Å²) in [5, 5.41) is 6.24. The minimum atomic E-state index is -0.0875. The third kappa shape index (κ3) is 4.22. The van der Waals surface area contributed by atoms with E-state index >= 15 is 0 Å². The highest BCUT2D eigenvalue weighted by Crippen LogP contribution is 2.10. The molecule has 0 bridgehead atoms. The van der Waals surface area contributed by atoms with E-state index in [4.69, 9.17) is 4.74 Å². The van der Waals surface area contributed by atoms with Crippen LogP contribution in [0.5, 0.6) is 0 Å². The minimum absolute atomic E-state index is 0.0875. The van der Waals surface area contributed by atoms with Gasteiger partial charge in [0.2, 0.25) is 0 Å². The first-order valence-electron chi connectivity index (χ1n) is 6.62. The zero-order chi connectivity index (χ0) is 13.5. The van der Waals surface area contributed by atoms with E-state index in [0.29, 0.717) is 19.1 Å². The Morgan fingerprint density at radius 1 is 1.47 bits per heavy atom. The van der Waals surface area contributed by atoms with Crippen LogP contribution in [-0.4, -0.2) is 45.9 Å². The number of carbonyl (C=O) groups excluding carboxylic acids is 1. The van der Waals surface area contributed by atoms with E-state index in [1.807, 2.05) is 30.3 Å². The van der Waals surface area contributed by atoms with Crippen LogP contribution in [0.1, 0.15) is 0 Å². The van der Waals surface area contributed by atoms with Gasteiger partial charge in [0.15, 0.2) is 0 Å². The van der Waals surface area contributed by atoms with Crippen LogP contribution in [0.15, 0.2) is 30.3 Å². The van der Waals surface area contributed by atoms with E-state index in [-0.39, 0.29) is 6.03 Å². The summed E-state index contributed by atoms with van der Waals surface area (Å²) in [5.41, 5.74) is 0.884. The fraction of sp³-hybridized carbons (Fsp3) is 0.500. The molecule has 0 saturated carbocycles. The predicted molar refractivity (Wildman–Crippen MR) is 75.4 cm³/mol. The van der Waals surface area contributed by atoms with Gasteiger partial charge in [-0.3, -0.25) is 4.90 Å². The number of nitrogens with one attached hydrogen (secondary N) is 2. The molecule has 1 fully saturated rings. The number of anilines is 1. The van der Waals surface area contributed by atoms with Crippen molar-refractivity contribution in [3.63, 3.8) is 0 Å². The average Bonchev–Trinajstić information content (AvgIpc) is 2.73. The van der Waals surface area contributed by atoms with Crippen molar-refractivity contribution in [3.05, 3.63) is 30.3 Å². The number of para-hydroxylation sites is 1. The fourth-order valence-electron chi connectivity index (χ4n) is 2.01. The van der Waals surface area contributed by atoms with Crippen molar-refractivity contribution < 1.29 is 9.53 Å². The highest BCUT2D eigenvalue weighted by atomic mass is 16.5. The van der Waals surface area contributed by atoms with E-state index in [2.05, 4.69) is 10.6 Å². The molecule has 1 aliphatic rings. The normalized spacial score (nSPS) is 19.5. The molecule has 1 heterocycles. The monoisotopic (exact) mass is 263 g/mol. The topological polar surface area (TPSA) is 53.6 Å². The summed E-state index contributed by atoms with van der Waals surface area (Å²) in [6, 6.07) is 9.51. The number of rotatable bonds is 3. The molecule has 1 aromatic rings. The number of benzene rings is 1. The summed E-state index contributed by atoms with van der Waals surface area (Å²) in [4.78, 5) is 13.6. The first-order chi connectivity index (χ1) is 9.27. The molecule has 0 aliphatic carbocycles. The summed E-state index contributed by atoms with van der Waals surface area (Å²) in [7, 11) is 1.77. The van der Waals surface area contributed by atoms with Crippen LogP contribution in [0.4, 0.5) is 10.5 Å². The Kier molecular flexibility index (Phi) is 5.18. The number of carbonyl (C=O) groups is 1. The Bertz CT molecular complexity index is 389. The van der Waals surface area contributed by atoms with Crippen LogP contribution in [-0.2, 0) is 4.74 Å². The van der Waals surface area contributed by atoms with Crippen molar-refractivity contribution in [1.29, 1.82) is 0 Å². The molecule has 104 valence electrons. The minimum Gasteiger partial charge on any atom is -0.380 e. The summed E-state index contributed by atoms with van der Waals surface area (Å²) in [5.74, 6) is 0.329. The first-order valence-corrected chi connectivity index (χ1v) is 6.62. The van der Waals surface area contributed by atoms with E-state index in [9.17, 15) is 4.79 Å². The summed E-state index contributed by atoms with van der Waals surface area (Å²) in [6.07, 6.45) is 0. The molecule has 0 aromatic heterocycles. The van der Waals surface area contributed by atoms with Crippen LogP contribution in [0, 0.1) is 5.92 Å². The molecule has 5 heteroatoms. The smallest absolute Gasteiger partial charge is 0.321 e. The van der Waals surface area contributed by atoms with E-state index in [1.54, 1.807) is 11.9 Å². The Hall–Kier alpha value is -1.59. The molecule has 2 N–H and O–H groups in total. The maximum Gasteiger partial charge on any atom is 0.321 e. The molecule has 1 aliphatic heterocycles. The maximum atomic E-state index is 12.0. The molecule has 0 radical (unpaired) electrons. The van der Waals surface area contributed by atoms with Crippen molar-refractivity contribution in [2.45, 2.75) is 0 Å². The molecular formula is C14H21N3O2. The van der Waals surface area contributed by atoms with Crippen LogP contribution >= 0.6 is 0 Å². The standard InChI is InChI=1S/C14H21N3O2/c1-17(13-5-3-2-4-6-13)14(18)16-10-12-9-15-7-8-19-11-12/h2-6,12,15H,7-11H2,1H3,(H,16,18)/t12-/m0/s1. The van der Waals surface area contributed by atoms with Gasteiger partial charge in [0.05, 0.1) is 13.2 Å². The average molecular weight is 263 g/mol. The molecule has 0 spiro atoms. The van der Waals surface area contributed by atoms with Gasteiger partial charge in [-0.05, 0) is 12.1 Å². The number of hydrogen-bond acceptors (Lipinski definition) is 3. The van der Waals surface area contributed by atoms with Gasteiger partial charge in [-0.2, -0.15) is 0 Å². The van der Waals surface area contributed by atoms with Gasteiger partial charge < -0.3 is 15.4 Å². The first kappa shape index (κ1) is 13.8. The summed E-state index contributed by atoms with van der Waals surface area (Å²) in [6.45, 7) is 3.84. The zero-order valence-corrected chi connectivity index (χ0v) is 11.3. The van der Waals surface area contributed by atoms with Crippen LogP contribution < -0.4 is 15.5 Å². The predicted octanol–water partition coefficient (Wildman–Crippen LogP) is 1.07. The van der Waals surface area contributed by atoms with Crippen molar-refractivity contribution in [1.82, 2.24) is 10.6 Å². The fourth-order valence-corrected chi connectivity index (χ4v) is 2.01. The Labute approximate surface area is 113 Å². The van der Waals surface area contributed by atoms with Crippen LogP contribution in [0.25, 0.3) is 0 Å². The molecule has 2 rings (SSSR count). The van der Waals surface area contributed by atoms with E-state index in [0.717, 1.165) is 25.4 Å². The molecule has 2 amide bonds. The van der Waals surface area contributed by atoms with Gasteiger partial charge in [-0.1, -0.05) is 18.2 Å². The van der Waals surface area contributed by atoms with Crippen molar-refractivity contribution in [3.8, 4) is 0 Å². The van der Waals surface area contributed by atoms with Gasteiger partial charge >= 0.3 is 6.03 Å². The Balaban J connectivity index is 1.80. The second-order valence-electron chi connectivity index (χ2n) is 4.73. The van der Waals surface area contributed by atoms with Crippen molar-refractivity contribution in [2.75, 3.05) is 44.8 Å². The zero-order valence-electron chi connectivity index (χ0n) is 11.3. The van der Waals surface area contributed by atoms with Gasteiger partial charge in [-0.15, -0.1) is 0 Å². The molecule has 5 nitrogen and oxygen atoms in total. The molecule has 19 heavy (non-hydrogen) atoms. The number of ether oxygens (including phenoxy) is 1. The molecule has 0 unspecified atom stereocenters. The van der Waals surface area contributed by atoms with Gasteiger partial charge in [0.25, 0.3) is 0 Å². The maximum absolute atomic E-state index is 12.0. The number of hydrogen-bond donors (Lipinski definition) is 2. The van der Waals surface area contributed by atoms with Gasteiger partial charge in [0, 0.05) is 38.3 Å². The highest BCUT2D eigenvalue weighted by molar-refractivity contribution is 5.91. The van der Waals surface area contributed by atoms with Crippen LogP contribution in [0.3, 0.4) is 0 Å². The SMILES string of the molecule is CN(C(=O)NC[C@@H]1CNCCOC1)c1ccccc1. The quantitative estimate of drug-likeness (QED) is 0.857. The second kappa shape index (κ2) is 7.11. The number of amides is 2. The molecule has 1 saturated heterocycles. The molecule has 1 atom stereocenters. The highest BCUT2D eigenvalue weighted by Gasteiger charge is 2.15. The summed E-state index contributed by atoms with van der Waals surface area (Å²) >= 11 is 0. The number of nitrogens with zero attached hydrogens (tertiary/aromatic N) is 1. The third-order valence-corrected chi connectivity index (χ3v) is 3.20. The van der Waals surface area contributed by atoms with Crippen molar-refractivity contribution in [2.24, 2.45) is 5.92 Å². The Morgan fingerprint density at radius 3 is 3.05 bits per heavy atom. The van der Waals surface area contributed by atoms with Gasteiger partial charge in [-0.25, -0.2) is 4.79 Å². The van der Waals surface area contributed by atoms with Crippen molar-refractivity contribution >= 4 is 11.7 Å². The largest absolute Gasteiger partial charge is 0.380 e. The van der Waals surface area contributed by atoms with E-state index < -0.39 is 0 Å². The lowest BCUT2D eigenvalue weighted by Crippen LogP contribution is -2.41. The number of urea groups is 1. The molecular weight excluding hydrogens is 242 g/mol. The molecule has 1 aromatic carbocycles. The lowest BCUT2D eigenvalue weighted by molar-refractivity contribution is 0.123. The van der Waals surface area contributed by atoms with Gasteiger partial charge in [0.1, 0.15) is 0 Å². The Morgan fingerprint density at radius 2 is 2.26 bits per heavy atom. The summed E-state index contributed by atoms with van der Waals surface area (Å²) < 4.78 is 5.46. The second-order valence-corrected chi connectivity index (χ2v) is 4.73. The lowest BCUT2D eigenvalue weighted by Gasteiger charge is -2.20. The third-order valence-electron chi connectivity index (χ3n) is 3.20. The van der Waals surface area contributed by atoms with Crippen LogP contribution in [0.2, 0.25) is 0 Å². The lowest BCUT2D eigenvalue weighted by atomic mass is 10.1.